The van der Waals surface area contributed by atoms with Gasteiger partial charge in [0.1, 0.15) is 0 Å². The van der Waals surface area contributed by atoms with Crippen LogP contribution in [0.25, 0.3) is 43.4 Å². The highest BCUT2D eigenvalue weighted by Gasteiger charge is 2.30. The summed E-state index contributed by atoms with van der Waals surface area (Å²) in [7, 11) is 0. The predicted molar refractivity (Wildman–Crippen MR) is 156 cm³/mol. The van der Waals surface area contributed by atoms with Gasteiger partial charge < -0.3 is 10.4 Å². The Hall–Kier alpha value is -4.75. The minimum atomic E-state index is -4.43. The van der Waals surface area contributed by atoms with Gasteiger partial charge in [-0.15, -0.1) is 0 Å². The van der Waals surface area contributed by atoms with Crippen molar-refractivity contribution >= 4 is 38.2 Å². The number of halogens is 3. The minimum Gasteiger partial charge on any atom is -0.396 e. The number of carbonyl (C=O) groups is 1. The summed E-state index contributed by atoms with van der Waals surface area (Å²) in [6.07, 6.45) is -2.48. The Balaban J connectivity index is 1.49. The number of benzene rings is 5. The molecule has 7 heteroatoms. The SMILES string of the molecule is O=C(N[C@@H](CCO)c1ccccn1)c1ccc2c(-c3ccc(C(F)(F)F)cc3)c3cc4ccccc4cc3cc2c1. The molecule has 0 unspecified atom stereocenters. The van der Waals surface area contributed by atoms with E-state index < -0.39 is 17.8 Å². The molecule has 204 valence electrons. The van der Waals surface area contributed by atoms with Crippen LogP contribution in [-0.4, -0.2) is 22.6 Å². The average molecular weight is 551 g/mol. The molecule has 1 aromatic heterocycles. The Kier molecular flexibility index (Phi) is 6.89. The van der Waals surface area contributed by atoms with E-state index in [1.54, 1.807) is 30.5 Å². The normalized spacial score (nSPS) is 12.6. The van der Waals surface area contributed by atoms with E-state index in [0.29, 0.717) is 23.2 Å². The van der Waals surface area contributed by atoms with Crippen LogP contribution in [0.1, 0.15) is 34.1 Å². The molecule has 2 N–H and O–H groups in total. The number of fused-ring (bicyclic) bond motifs is 3. The van der Waals surface area contributed by atoms with Crippen molar-refractivity contribution in [3.63, 3.8) is 0 Å². The zero-order chi connectivity index (χ0) is 28.6. The number of hydrogen-bond acceptors (Lipinski definition) is 3. The lowest BCUT2D eigenvalue weighted by atomic mass is 9.89. The first-order chi connectivity index (χ1) is 19.8. The number of aromatic nitrogens is 1. The number of rotatable bonds is 6. The molecule has 4 nitrogen and oxygen atoms in total. The summed E-state index contributed by atoms with van der Waals surface area (Å²) >= 11 is 0. The number of amides is 1. The van der Waals surface area contributed by atoms with Crippen molar-refractivity contribution < 1.29 is 23.1 Å². The molecule has 5 aromatic carbocycles. The van der Waals surface area contributed by atoms with Gasteiger partial charge in [0.25, 0.3) is 5.91 Å². The Morgan fingerprint density at radius 3 is 2.15 bits per heavy atom. The maximum absolute atomic E-state index is 13.3. The van der Waals surface area contributed by atoms with Crippen LogP contribution < -0.4 is 5.32 Å². The van der Waals surface area contributed by atoms with Crippen LogP contribution in [0, 0.1) is 0 Å². The highest BCUT2D eigenvalue weighted by molar-refractivity contribution is 6.16. The summed E-state index contributed by atoms with van der Waals surface area (Å²) in [6.45, 7) is -0.115. The first-order valence-electron chi connectivity index (χ1n) is 13.2. The van der Waals surface area contributed by atoms with E-state index in [-0.39, 0.29) is 12.5 Å². The standard InChI is InChI=1S/C34H25F3N2O2/c35-34(36,37)27-11-8-21(9-12-27)32-28-13-10-24(33(41)39-31(14-16-40)30-7-3-4-15-38-30)18-25(28)19-26-17-22-5-1-2-6-23(22)20-29(26)32/h1-13,15,17-20,31,40H,14,16H2,(H,39,41)/t31-/m0/s1. The Morgan fingerprint density at radius 2 is 1.46 bits per heavy atom. The third kappa shape index (κ3) is 5.24. The quantitative estimate of drug-likeness (QED) is 0.206. The van der Waals surface area contributed by atoms with Gasteiger partial charge in [-0.1, -0.05) is 48.5 Å². The highest BCUT2D eigenvalue weighted by Crippen LogP contribution is 2.40. The molecular formula is C34H25F3N2O2. The summed E-state index contributed by atoms with van der Waals surface area (Å²) in [5.41, 5.74) is 1.82. The zero-order valence-corrected chi connectivity index (χ0v) is 21.8. The molecule has 1 heterocycles. The molecule has 0 radical (unpaired) electrons. The maximum atomic E-state index is 13.3. The van der Waals surface area contributed by atoms with Crippen molar-refractivity contribution in [3.8, 4) is 11.1 Å². The molecule has 0 saturated carbocycles. The fourth-order valence-electron chi connectivity index (χ4n) is 5.34. The van der Waals surface area contributed by atoms with Crippen molar-refractivity contribution in [2.75, 3.05) is 6.61 Å². The molecule has 0 aliphatic carbocycles. The van der Waals surface area contributed by atoms with Crippen molar-refractivity contribution in [1.82, 2.24) is 10.3 Å². The number of nitrogens with one attached hydrogen (secondary N) is 1. The molecule has 0 bridgehead atoms. The topological polar surface area (TPSA) is 62.2 Å². The fraction of sp³-hybridized carbons (Fsp3) is 0.118. The number of carbonyl (C=O) groups excluding carboxylic acids is 1. The fourth-order valence-corrected chi connectivity index (χ4v) is 5.34. The molecule has 0 spiro atoms. The molecule has 0 aliphatic heterocycles. The number of pyridine rings is 1. The molecule has 0 saturated heterocycles. The van der Waals surface area contributed by atoms with E-state index in [1.807, 2.05) is 42.5 Å². The van der Waals surface area contributed by atoms with Gasteiger partial charge in [0.15, 0.2) is 0 Å². The average Bonchev–Trinajstić information content (AvgIpc) is 2.98. The van der Waals surface area contributed by atoms with Crippen LogP contribution in [0.4, 0.5) is 13.2 Å². The highest BCUT2D eigenvalue weighted by atomic mass is 19.4. The van der Waals surface area contributed by atoms with Gasteiger partial charge in [0.05, 0.1) is 17.3 Å². The second kappa shape index (κ2) is 10.7. The summed E-state index contributed by atoms with van der Waals surface area (Å²) in [5.74, 6) is -0.314. The van der Waals surface area contributed by atoms with Crippen LogP contribution >= 0.6 is 0 Å². The summed E-state index contributed by atoms with van der Waals surface area (Å²) in [4.78, 5) is 17.7. The number of aliphatic hydroxyl groups excluding tert-OH is 1. The summed E-state index contributed by atoms with van der Waals surface area (Å²) in [6, 6.07) is 29.5. The lowest BCUT2D eigenvalue weighted by Crippen LogP contribution is -2.29. The second-order valence-electron chi connectivity index (χ2n) is 9.98. The largest absolute Gasteiger partial charge is 0.416 e. The van der Waals surface area contributed by atoms with Gasteiger partial charge in [-0.25, -0.2) is 0 Å². The smallest absolute Gasteiger partial charge is 0.396 e. The summed E-state index contributed by atoms with van der Waals surface area (Å²) < 4.78 is 39.9. The second-order valence-corrected chi connectivity index (χ2v) is 9.98. The first kappa shape index (κ1) is 26.5. The molecule has 1 amide bonds. The predicted octanol–water partition coefficient (Wildman–Crippen LogP) is 8.08. The lowest BCUT2D eigenvalue weighted by Gasteiger charge is -2.18. The van der Waals surface area contributed by atoms with Crippen molar-refractivity contribution in [2.24, 2.45) is 0 Å². The lowest BCUT2D eigenvalue weighted by molar-refractivity contribution is -0.137. The number of nitrogens with zero attached hydrogens (tertiary/aromatic N) is 1. The Labute approximate surface area is 234 Å². The Morgan fingerprint density at radius 1 is 0.780 bits per heavy atom. The first-order valence-corrected chi connectivity index (χ1v) is 13.2. The van der Waals surface area contributed by atoms with E-state index in [4.69, 9.17) is 0 Å². The molecule has 1 atom stereocenters. The minimum absolute atomic E-state index is 0.115. The number of alkyl halides is 3. The third-order valence-corrected chi connectivity index (χ3v) is 7.35. The molecule has 0 fully saturated rings. The van der Waals surface area contributed by atoms with Crippen molar-refractivity contribution in [2.45, 2.75) is 18.6 Å². The van der Waals surface area contributed by atoms with Gasteiger partial charge in [0, 0.05) is 18.4 Å². The van der Waals surface area contributed by atoms with Crippen LogP contribution in [0.15, 0.2) is 109 Å². The molecule has 6 rings (SSSR count). The van der Waals surface area contributed by atoms with Crippen molar-refractivity contribution in [3.05, 3.63) is 126 Å². The van der Waals surface area contributed by atoms with Crippen LogP contribution in [0.2, 0.25) is 0 Å². The van der Waals surface area contributed by atoms with E-state index >= 15 is 0 Å². The van der Waals surface area contributed by atoms with E-state index in [9.17, 15) is 23.1 Å². The molecule has 6 aromatic rings. The van der Waals surface area contributed by atoms with E-state index in [2.05, 4.69) is 22.4 Å². The van der Waals surface area contributed by atoms with Crippen LogP contribution in [0.3, 0.4) is 0 Å². The van der Waals surface area contributed by atoms with Crippen LogP contribution in [-0.2, 0) is 6.18 Å². The molecule has 41 heavy (non-hydrogen) atoms. The van der Waals surface area contributed by atoms with Gasteiger partial charge in [-0.2, -0.15) is 13.2 Å². The third-order valence-electron chi connectivity index (χ3n) is 7.35. The van der Waals surface area contributed by atoms with E-state index in [0.717, 1.165) is 50.0 Å². The maximum Gasteiger partial charge on any atom is 0.416 e. The Bertz CT molecular complexity index is 1890. The molecule has 0 aliphatic rings. The van der Waals surface area contributed by atoms with Gasteiger partial charge >= 0.3 is 6.18 Å². The zero-order valence-electron chi connectivity index (χ0n) is 21.8. The monoisotopic (exact) mass is 550 g/mol. The van der Waals surface area contributed by atoms with Crippen LogP contribution in [0.5, 0.6) is 0 Å². The van der Waals surface area contributed by atoms with E-state index in [1.165, 1.54) is 12.1 Å². The van der Waals surface area contributed by atoms with Gasteiger partial charge in [-0.3, -0.25) is 9.78 Å². The van der Waals surface area contributed by atoms with Gasteiger partial charge in [0.2, 0.25) is 0 Å². The van der Waals surface area contributed by atoms with Crippen molar-refractivity contribution in [1.29, 1.82) is 0 Å². The summed E-state index contributed by atoms with van der Waals surface area (Å²) in [5, 5.41) is 18.0. The molecular weight excluding hydrogens is 525 g/mol. The number of hydrogen-bond donors (Lipinski definition) is 2. The van der Waals surface area contributed by atoms with Gasteiger partial charge in [-0.05, 0) is 104 Å². The number of aliphatic hydroxyl groups is 1.